The second-order valence-electron chi connectivity index (χ2n) is 10.4. The highest BCUT2D eigenvalue weighted by Gasteiger charge is 2.44. The van der Waals surface area contributed by atoms with Crippen LogP contribution >= 0.6 is 11.6 Å². The van der Waals surface area contributed by atoms with Gasteiger partial charge >= 0.3 is 0 Å². The van der Waals surface area contributed by atoms with Gasteiger partial charge in [0.25, 0.3) is 0 Å². The molecule has 2 aliphatic rings. The molecule has 36 heavy (non-hydrogen) atoms. The van der Waals surface area contributed by atoms with Crippen LogP contribution in [0.3, 0.4) is 0 Å². The molecular formula is C27H33ClF2O6. The van der Waals surface area contributed by atoms with Crippen molar-refractivity contribution in [2.75, 3.05) is 13.2 Å². The monoisotopic (exact) mass is 526 g/mol. The Morgan fingerprint density at radius 3 is 2.28 bits per heavy atom. The summed E-state index contributed by atoms with van der Waals surface area (Å²) in [6.07, 6.45) is -5.04. The van der Waals surface area contributed by atoms with E-state index in [2.05, 4.69) is 0 Å². The molecule has 0 amide bonds. The third kappa shape index (κ3) is 6.18. The van der Waals surface area contributed by atoms with Crippen LogP contribution in [0.4, 0.5) is 8.78 Å². The lowest BCUT2D eigenvalue weighted by Gasteiger charge is -2.40. The Bertz CT molecular complexity index is 1020. The smallest absolute Gasteiger partial charge is 0.248 e. The zero-order valence-corrected chi connectivity index (χ0v) is 20.9. The van der Waals surface area contributed by atoms with E-state index in [1.165, 1.54) is 0 Å². The molecule has 2 aromatic carbocycles. The predicted octanol–water partition coefficient (Wildman–Crippen LogP) is 4.04. The lowest BCUT2D eigenvalue weighted by molar-refractivity contribution is -0.231. The maximum atomic E-state index is 13.5. The summed E-state index contributed by atoms with van der Waals surface area (Å²) >= 11 is 6.42. The van der Waals surface area contributed by atoms with Crippen molar-refractivity contribution >= 4 is 11.6 Å². The van der Waals surface area contributed by atoms with Crippen molar-refractivity contribution in [2.45, 2.75) is 75.5 Å². The maximum Gasteiger partial charge on any atom is 0.248 e. The first-order chi connectivity index (χ1) is 17.0. The standard InChI is InChI=1S/C27H33ClF2O6/c1-26(8-10-27(29,30)11-9-26)15-35-19-5-2-16(3-6-19)12-18-13-17(4-7-20(18)28)25-24(34)23(33)22(32)21(14-31)36-25/h2-7,13,21-25,31-34H,8-12,14-15H2,1H3/t21-,22-,23+,24-,25?/m1/s1. The Hall–Kier alpha value is -1.81. The van der Waals surface area contributed by atoms with Crippen LogP contribution in [-0.4, -0.2) is 64.0 Å². The average Bonchev–Trinajstić information content (AvgIpc) is 2.86. The number of hydrogen-bond donors (Lipinski definition) is 4. The van der Waals surface area contributed by atoms with Gasteiger partial charge in [-0.2, -0.15) is 0 Å². The second kappa shape index (κ2) is 10.9. The number of aliphatic hydroxyl groups excluding tert-OH is 4. The Balaban J connectivity index is 1.41. The molecule has 1 aliphatic heterocycles. The summed E-state index contributed by atoms with van der Waals surface area (Å²) in [6, 6.07) is 12.6. The van der Waals surface area contributed by atoms with E-state index in [1.54, 1.807) is 18.2 Å². The minimum atomic E-state index is -2.57. The minimum Gasteiger partial charge on any atom is -0.493 e. The van der Waals surface area contributed by atoms with Crippen LogP contribution < -0.4 is 4.74 Å². The third-order valence-electron chi connectivity index (χ3n) is 7.38. The summed E-state index contributed by atoms with van der Waals surface area (Å²) in [5, 5.41) is 40.6. The van der Waals surface area contributed by atoms with Crippen molar-refractivity contribution in [3.8, 4) is 5.75 Å². The molecule has 1 unspecified atom stereocenters. The number of benzene rings is 2. The molecule has 1 saturated carbocycles. The first kappa shape index (κ1) is 27.2. The Morgan fingerprint density at radius 2 is 1.64 bits per heavy atom. The van der Waals surface area contributed by atoms with Gasteiger partial charge in [-0.15, -0.1) is 0 Å². The van der Waals surface area contributed by atoms with Gasteiger partial charge in [0.05, 0.1) is 13.2 Å². The van der Waals surface area contributed by atoms with E-state index in [0.717, 1.165) is 11.1 Å². The van der Waals surface area contributed by atoms with Gasteiger partial charge in [-0.05, 0) is 54.2 Å². The highest BCUT2D eigenvalue weighted by Crippen LogP contribution is 2.43. The molecule has 0 bridgehead atoms. The number of hydrogen-bond acceptors (Lipinski definition) is 6. The summed E-state index contributed by atoms with van der Waals surface area (Å²) in [5.41, 5.74) is 2.03. The molecule has 4 rings (SSSR count). The van der Waals surface area contributed by atoms with Gasteiger partial charge in [0, 0.05) is 23.3 Å². The highest BCUT2D eigenvalue weighted by atomic mass is 35.5. The molecule has 0 spiro atoms. The van der Waals surface area contributed by atoms with E-state index in [0.29, 0.717) is 42.2 Å². The van der Waals surface area contributed by atoms with Crippen LogP contribution in [0.25, 0.3) is 0 Å². The van der Waals surface area contributed by atoms with Crippen LogP contribution in [-0.2, 0) is 11.2 Å². The lowest BCUT2D eigenvalue weighted by atomic mass is 9.75. The second-order valence-corrected chi connectivity index (χ2v) is 10.8. The number of halogens is 3. The highest BCUT2D eigenvalue weighted by molar-refractivity contribution is 6.31. The third-order valence-corrected chi connectivity index (χ3v) is 7.75. The fourth-order valence-corrected chi connectivity index (χ4v) is 5.01. The Morgan fingerprint density at radius 1 is 0.972 bits per heavy atom. The summed E-state index contributed by atoms with van der Waals surface area (Å²) < 4.78 is 38.5. The number of rotatable bonds is 7. The first-order valence-electron chi connectivity index (χ1n) is 12.2. The Kier molecular flexibility index (Phi) is 8.24. The van der Waals surface area contributed by atoms with Crippen molar-refractivity contribution < 1.29 is 38.7 Å². The van der Waals surface area contributed by atoms with Crippen LogP contribution in [0, 0.1) is 5.41 Å². The molecule has 4 N–H and O–H groups in total. The van der Waals surface area contributed by atoms with Crippen LogP contribution in [0.2, 0.25) is 5.02 Å². The molecule has 2 fully saturated rings. The minimum absolute atomic E-state index is 0.102. The zero-order valence-electron chi connectivity index (χ0n) is 20.1. The van der Waals surface area contributed by atoms with Crippen molar-refractivity contribution in [1.29, 1.82) is 0 Å². The number of alkyl halides is 2. The van der Waals surface area contributed by atoms with Gasteiger partial charge in [-0.1, -0.05) is 42.8 Å². The molecule has 0 radical (unpaired) electrons. The summed E-state index contributed by atoms with van der Waals surface area (Å²) in [7, 11) is 0. The van der Waals surface area contributed by atoms with E-state index < -0.39 is 43.0 Å². The normalized spacial score (nSPS) is 29.6. The topological polar surface area (TPSA) is 99.4 Å². The van der Waals surface area contributed by atoms with Crippen molar-refractivity contribution in [2.24, 2.45) is 5.41 Å². The SMILES string of the molecule is CC1(COc2ccc(Cc3cc(C4O[C@H](CO)[C@@H](O)[C@H](O)[C@H]4O)ccc3Cl)cc2)CCC(F)(F)CC1. The molecular weight excluding hydrogens is 494 g/mol. The number of ether oxygens (including phenoxy) is 2. The van der Waals surface area contributed by atoms with E-state index in [4.69, 9.17) is 21.1 Å². The van der Waals surface area contributed by atoms with Crippen LogP contribution in [0.5, 0.6) is 5.75 Å². The molecule has 1 saturated heterocycles. The molecule has 0 aromatic heterocycles. The number of aliphatic hydroxyl groups is 4. The molecule has 1 heterocycles. The van der Waals surface area contributed by atoms with Gasteiger partial charge in [-0.25, -0.2) is 8.78 Å². The molecule has 5 atom stereocenters. The maximum absolute atomic E-state index is 13.5. The molecule has 198 valence electrons. The lowest BCUT2D eigenvalue weighted by Crippen LogP contribution is -2.55. The fraction of sp³-hybridized carbons (Fsp3) is 0.556. The van der Waals surface area contributed by atoms with Gasteiger partial charge in [0.2, 0.25) is 5.92 Å². The van der Waals surface area contributed by atoms with E-state index in [1.807, 2.05) is 31.2 Å². The first-order valence-corrected chi connectivity index (χ1v) is 12.6. The largest absolute Gasteiger partial charge is 0.493 e. The quantitative estimate of drug-likeness (QED) is 0.434. The van der Waals surface area contributed by atoms with Crippen molar-refractivity contribution in [3.63, 3.8) is 0 Å². The van der Waals surface area contributed by atoms with Gasteiger partial charge in [-0.3, -0.25) is 0 Å². The summed E-state index contributed by atoms with van der Waals surface area (Å²) in [6.45, 7) is 1.87. The average molecular weight is 527 g/mol. The van der Waals surface area contributed by atoms with Gasteiger partial charge < -0.3 is 29.9 Å². The molecule has 6 nitrogen and oxygen atoms in total. The molecule has 2 aromatic rings. The molecule has 9 heteroatoms. The van der Waals surface area contributed by atoms with Crippen LogP contribution in [0.1, 0.15) is 55.4 Å². The van der Waals surface area contributed by atoms with Crippen LogP contribution in [0.15, 0.2) is 42.5 Å². The van der Waals surface area contributed by atoms with Gasteiger partial charge in [0.15, 0.2) is 0 Å². The van der Waals surface area contributed by atoms with E-state index in [9.17, 15) is 29.2 Å². The zero-order chi connectivity index (χ0) is 26.1. The summed E-state index contributed by atoms with van der Waals surface area (Å²) in [4.78, 5) is 0. The van der Waals surface area contributed by atoms with Crippen molar-refractivity contribution in [1.82, 2.24) is 0 Å². The van der Waals surface area contributed by atoms with Gasteiger partial charge in [0.1, 0.15) is 36.3 Å². The fourth-order valence-electron chi connectivity index (χ4n) is 4.83. The van der Waals surface area contributed by atoms with Crippen molar-refractivity contribution in [3.05, 3.63) is 64.2 Å². The van der Waals surface area contributed by atoms with E-state index in [-0.39, 0.29) is 18.3 Å². The van der Waals surface area contributed by atoms with E-state index >= 15 is 0 Å². The summed E-state index contributed by atoms with van der Waals surface area (Å²) in [5.74, 6) is -1.90. The molecule has 1 aliphatic carbocycles. The predicted molar refractivity (Wildman–Crippen MR) is 130 cm³/mol. The Labute approximate surface area is 214 Å².